The highest BCUT2D eigenvalue weighted by molar-refractivity contribution is 7.38. The van der Waals surface area contributed by atoms with E-state index in [1.807, 2.05) is 6.92 Å². The second kappa shape index (κ2) is 3.12. The Balaban J connectivity index is 2.45. The molecule has 1 unspecified atom stereocenters. The lowest BCUT2D eigenvalue weighted by molar-refractivity contribution is 0.385. The maximum atomic E-state index is 11.9. The second-order valence-electron chi connectivity index (χ2n) is 3.28. The molecule has 0 aliphatic carbocycles. The molecule has 0 fully saturated rings. The van der Waals surface area contributed by atoms with Crippen LogP contribution in [0.2, 0.25) is 0 Å². The van der Waals surface area contributed by atoms with Crippen molar-refractivity contribution in [3.8, 4) is 17.5 Å². The van der Waals surface area contributed by atoms with E-state index in [9.17, 15) is 4.57 Å². The molecule has 3 heterocycles. The van der Waals surface area contributed by atoms with Crippen molar-refractivity contribution in [3.05, 3.63) is 0 Å². The molecule has 0 saturated carbocycles. The highest BCUT2D eigenvalue weighted by Gasteiger charge is 2.29. The number of ether oxygens (including phenoxy) is 1. The fourth-order valence-corrected chi connectivity index (χ4v) is 2.90. The maximum absolute atomic E-state index is 11.9. The molecule has 0 aromatic carbocycles. The first kappa shape index (κ1) is 9.47. The molecule has 2 aliphatic rings. The van der Waals surface area contributed by atoms with Crippen LogP contribution in [0.5, 0.6) is 6.01 Å². The monoisotopic (exact) mass is 238 g/mol. The molecule has 16 heavy (non-hydrogen) atoms. The van der Waals surface area contributed by atoms with E-state index in [0.29, 0.717) is 29.1 Å². The van der Waals surface area contributed by atoms with Gasteiger partial charge in [-0.2, -0.15) is 15.0 Å². The molecule has 0 amide bonds. The molecular weight excluding hydrogens is 229 g/mol. The van der Waals surface area contributed by atoms with Crippen LogP contribution in [-0.2, 0) is 11.1 Å². The third kappa shape index (κ3) is 1.06. The molecule has 3 rings (SSSR count). The van der Waals surface area contributed by atoms with Gasteiger partial charge in [0.05, 0.1) is 13.7 Å². The Morgan fingerprint density at radius 2 is 2.25 bits per heavy atom. The van der Waals surface area contributed by atoms with Gasteiger partial charge >= 0.3 is 19.0 Å². The lowest BCUT2D eigenvalue weighted by atomic mass is 10.4. The van der Waals surface area contributed by atoms with Gasteiger partial charge in [-0.1, -0.05) is 0 Å². The Hall–Kier alpha value is -1.75. The quantitative estimate of drug-likeness (QED) is 0.730. The van der Waals surface area contributed by atoms with Gasteiger partial charge in [0.25, 0.3) is 0 Å². The topological polar surface area (TPSA) is 85.7 Å². The molecular formula is C8H9N5O2P+. The van der Waals surface area contributed by atoms with Gasteiger partial charge in [0.2, 0.25) is 0 Å². The van der Waals surface area contributed by atoms with Crippen LogP contribution in [0.25, 0.3) is 22.5 Å². The average Bonchev–Trinajstić information content (AvgIpc) is 2.81. The zero-order chi connectivity index (χ0) is 11.3. The Labute approximate surface area is 91.0 Å². The molecule has 82 valence electrons. The van der Waals surface area contributed by atoms with E-state index in [4.69, 9.17) is 4.74 Å². The van der Waals surface area contributed by atoms with Gasteiger partial charge < -0.3 is 4.74 Å². The number of rotatable bonds is 2. The number of hydrogen-bond acceptors (Lipinski definition) is 5. The number of nitrogens with one attached hydrogen (secondary N) is 1. The summed E-state index contributed by atoms with van der Waals surface area (Å²) >= 11 is 0. The Morgan fingerprint density at radius 1 is 1.44 bits per heavy atom. The van der Waals surface area contributed by atoms with Gasteiger partial charge in [0, 0.05) is 0 Å². The summed E-state index contributed by atoms with van der Waals surface area (Å²) in [6, 6.07) is 0.280. The smallest absolute Gasteiger partial charge is 0.467 e. The highest BCUT2D eigenvalue weighted by Crippen LogP contribution is 2.33. The van der Waals surface area contributed by atoms with Crippen LogP contribution in [0.3, 0.4) is 0 Å². The number of H-pyrrole nitrogens is 1. The number of fused-ring (bicyclic) bond motifs is 4. The third-order valence-corrected chi connectivity index (χ3v) is 3.92. The Morgan fingerprint density at radius 3 is 2.94 bits per heavy atom. The number of nitrogens with zero attached hydrogens (tertiary/aromatic N) is 4. The van der Waals surface area contributed by atoms with E-state index in [0.717, 1.165) is 0 Å². The summed E-state index contributed by atoms with van der Waals surface area (Å²) in [5, 5.41) is 0.446. The van der Waals surface area contributed by atoms with Crippen molar-refractivity contribution in [1.82, 2.24) is 24.3 Å². The van der Waals surface area contributed by atoms with Crippen molar-refractivity contribution in [2.75, 3.05) is 7.11 Å². The summed E-state index contributed by atoms with van der Waals surface area (Å²) in [7, 11) is -0.137. The summed E-state index contributed by atoms with van der Waals surface area (Å²) in [4.78, 5) is 15.4. The molecule has 0 spiro atoms. The van der Waals surface area contributed by atoms with E-state index in [-0.39, 0.29) is 6.01 Å². The van der Waals surface area contributed by atoms with Crippen molar-refractivity contribution in [2.24, 2.45) is 0 Å². The van der Waals surface area contributed by atoms with Crippen molar-refractivity contribution >= 4 is 18.6 Å². The summed E-state index contributed by atoms with van der Waals surface area (Å²) in [6.45, 7) is 2.56. The third-order valence-electron chi connectivity index (χ3n) is 2.43. The van der Waals surface area contributed by atoms with Gasteiger partial charge in [-0.05, 0) is 11.5 Å². The largest absolute Gasteiger partial charge is 0.543 e. The number of methoxy groups -OCH3 is 1. The van der Waals surface area contributed by atoms with Gasteiger partial charge in [-0.15, -0.1) is 4.33 Å². The average molecular weight is 238 g/mol. The van der Waals surface area contributed by atoms with Crippen molar-refractivity contribution < 1.29 is 9.30 Å². The number of imidazole rings is 1. The normalized spacial score (nSPS) is 12.8. The fourth-order valence-electron chi connectivity index (χ4n) is 1.70. The van der Waals surface area contributed by atoms with Gasteiger partial charge in [0.15, 0.2) is 17.2 Å². The number of aromatic amines is 1. The Bertz CT molecular complexity index is 675. The van der Waals surface area contributed by atoms with Crippen molar-refractivity contribution in [3.63, 3.8) is 0 Å². The standard InChI is InChI=1S/C8H9N5O2P/c1-3-13-6-4-5(10-7(9-4)15-2)11-8(12-6)16(13)14/h3H2,1-2H3,(H,9,10,11,12)/q+1. The molecule has 1 aromatic rings. The molecule has 2 bridgehead atoms. The molecule has 2 aliphatic heterocycles. The van der Waals surface area contributed by atoms with E-state index >= 15 is 0 Å². The minimum atomic E-state index is -1.64. The molecule has 0 saturated heterocycles. The molecule has 1 aromatic heterocycles. The zero-order valence-electron chi connectivity index (χ0n) is 8.76. The van der Waals surface area contributed by atoms with Crippen LogP contribution in [-0.4, -0.2) is 31.4 Å². The summed E-state index contributed by atoms with van der Waals surface area (Å²) in [6.07, 6.45) is 0. The SMILES string of the molecule is CCn1c2[nH]c(nc3nc(OC)nc2-3)[p+]1=O. The summed E-state index contributed by atoms with van der Waals surface area (Å²) in [5.74, 6) is 0.472. The summed E-state index contributed by atoms with van der Waals surface area (Å²) < 4.78 is 18.6. The summed E-state index contributed by atoms with van der Waals surface area (Å²) in [5.41, 5.74) is 1.31. The maximum Gasteiger partial charge on any atom is 0.543 e. The fraction of sp³-hybridized carbons (Fsp3) is 0.375. The van der Waals surface area contributed by atoms with Crippen LogP contribution < -0.4 is 4.74 Å². The number of aromatic nitrogens is 5. The molecule has 1 atom stereocenters. The van der Waals surface area contributed by atoms with Crippen LogP contribution >= 0.6 is 7.57 Å². The molecule has 8 heteroatoms. The van der Waals surface area contributed by atoms with Crippen molar-refractivity contribution in [1.29, 1.82) is 0 Å². The van der Waals surface area contributed by atoms with Crippen LogP contribution in [0.4, 0.5) is 0 Å². The van der Waals surface area contributed by atoms with E-state index in [1.54, 1.807) is 4.33 Å². The van der Waals surface area contributed by atoms with Gasteiger partial charge in [-0.25, -0.2) is 0 Å². The van der Waals surface area contributed by atoms with Crippen LogP contribution in [0.15, 0.2) is 0 Å². The Kier molecular flexibility index (Phi) is 1.85. The minimum Gasteiger partial charge on any atom is -0.467 e. The molecule has 1 N–H and O–H groups in total. The van der Waals surface area contributed by atoms with Gasteiger partial charge in [0.1, 0.15) is 0 Å². The lowest BCUT2D eigenvalue weighted by Gasteiger charge is -1.92. The van der Waals surface area contributed by atoms with E-state index < -0.39 is 7.57 Å². The number of hydrogen-bond donors (Lipinski definition) is 1. The van der Waals surface area contributed by atoms with Crippen molar-refractivity contribution in [2.45, 2.75) is 13.5 Å². The van der Waals surface area contributed by atoms with E-state index in [2.05, 4.69) is 19.9 Å². The highest BCUT2D eigenvalue weighted by atomic mass is 31.1. The van der Waals surface area contributed by atoms with Gasteiger partial charge in [-0.3, -0.25) is 4.98 Å². The minimum absolute atomic E-state index is 0.280. The predicted molar refractivity (Wildman–Crippen MR) is 57.3 cm³/mol. The van der Waals surface area contributed by atoms with E-state index in [1.165, 1.54) is 7.11 Å². The first-order valence-electron chi connectivity index (χ1n) is 4.81. The first-order chi connectivity index (χ1) is 7.74. The second-order valence-corrected chi connectivity index (χ2v) is 4.73. The number of aryl methyl sites for hydroxylation is 1. The molecule has 7 nitrogen and oxygen atoms in total. The predicted octanol–water partition coefficient (Wildman–Crippen LogP) is 1.47. The van der Waals surface area contributed by atoms with Crippen LogP contribution in [0.1, 0.15) is 6.92 Å². The van der Waals surface area contributed by atoms with Crippen LogP contribution in [0, 0.1) is 0 Å². The first-order valence-corrected chi connectivity index (χ1v) is 6.02. The zero-order valence-corrected chi connectivity index (χ0v) is 9.65. The lowest BCUT2D eigenvalue weighted by Crippen LogP contribution is -1.93. The molecule has 0 radical (unpaired) electrons.